The van der Waals surface area contributed by atoms with E-state index in [1.165, 1.54) is 30.7 Å². The quantitative estimate of drug-likeness (QED) is 0.235. The molecule has 1 N–H and O–H groups in total. The molecule has 46 heavy (non-hydrogen) atoms. The Hall–Kier alpha value is -3.31. The largest absolute Gasteiger partial charge is 0.508 e. The molecular weight excluding hydrogens is 611 g/mol. The number of aryl methyl sites for hydroxylation is 1. The standard InChI is InChI=1S/C35H38F3N5O2S/c1-2-24-27(37)6-5-21-15-23(44)16-25(28(21)24)30-29(38)31-26(18-39-30)32(42-12-9-35(10-13-42)8-4-14-46-35)41-33(40-31)45-20-34-7-3-11-43(34)19-22(36)17-34/h5-6,15-16,18,22,44H,2-4,7-14,17,19-20H2,1H3/t22-,34+/m1/s1. The van der Waals surface area contributed by atoms with Gasteiger partial charge >= 0.3 is 6.01 Å². The number of alkyl halides is 1. The number of anilines is 1. The lowest BCUT2D eigenvalue weighted by Gasteiger charge is -2.39. The normalized spacial score (nSPS) is 24.4. The monoisotopic (exact) mass is 649 g/mol. The van der Waals surface area contributed by atoms with Crippen LogP contribution in [0.3, 0.4) is 0 Å². The molecule has 2 aromatic heterocycles. The molecule has 4 fully saturated rings. The van der Waals surface area contributed by atoms with E-state index in [9.17, 15) is 13.9 Å². The average Bonchev–Trinajstić information content (AvgIpc) is 3.75. The zero-order valence-corrected chi connectivity index (χ0v) is 26.8. The van der Waals surface area contributed by atoms with Crippen LogP contribution in [0.15, 0.2) is 30.5 Å². The van der Waals surface area contributed by atoms with Gasteiger partial charge in [0, 0.05) is 42.6 Å². The lowest BCUT2D eigenvalue weighted by molar-refractivity contribution is 0.107. The fourth-order valence-electron chi connectivity index (χ4n) is 8.47. The van der Waals surface area contributed by atoms with Crippen LogP contribution in [0.4, 0.5) is 19.0 Å². The molecule has 2 aromatic carbocycles. The summed E-state index contributed by atoms with van der Waals surface area (Å²) in [6, 6.07) is 5.98. The third-order valence-corrected chi connectivity index (χ3v) is 12.5. The topological polar surface area (TPSA) is 74.6 Å². The third kappa shape index (κ3) is 4.96. The van der Waals surface area contributed by atoms with E-state index in [4.69, 9.17) is 9.72 Å². The van der Waals surface area contributed by atoms with Crippen molar-refractivity contribution in [2.24, 2.45) is 0 Å². The molecular formula is C35H38F3N5O2S. The van der Waals surface area contributed by atoms with Crippen molar-refractivity contribution in [3.63, 3.8) is 0 Å². The van der Waals surface area contributed by atoms with Crippen molar-refractivity contribution in [1.29, 1.82) is 0 Å². The van der Waals surface area contributed by atoms with E-state index in [0.717, 1.165) is 45.3 Å². The number of fused-ring (bicyclic) bond motifs is 3. The number of aromatic hydroxyl groups is 1. The summed E-state index contributed by atoms with van der Waals surface area (Å²) in [4.78, 5) is 18.4. The zero-order chi connectivity index (χ0) is 31.6. The maximum Gasteiger partial charge on any atom is 0.319 e. The van der Waals surface area contributed by atoms with Crippen molar-refractivity contribution in [2.75, 3.05) is 43.4 Å². The molecule has 0 unspecified atom stereocenters. The molecule has 0 aliphatic carbocycles. The van der Waals surface area contributed by atoms with Crippen molar-refractivity contribution in [2.45, 2.75) is 74.7 Å². The number of halogens is 3. The Balaban J connectivity index is 1.24. The second-order valence-electron chi connectivity index (χ2n) is 13.5. The first kappa shape index (κ1) is 30.1. The summed E-state index contributed by atoms with van der Waals surface area (Å²) in [5.41, 5.74) is 0.351. The fraction of sp³-hybridized carbons (Fsp3) is 0.514. The number of ether oxygens (including phenoxy) is 1. The molecule has 1 spiro atoms. The minimum absolute atomic E-state index is 0.0270. The molecule has 0 bridgehead atoms. The molecule has 4 saturated heterocycles. The highest BCUT2D eigenvalue weighted by molar-refractivity contribution is 8.00. The molecule has 6 heterocycles. The summed E-state index contributed by atoms with van der Waals surface area (Å²) in [7, 11) is 0. The average molecular weight is 650 g/mol. The molecule has 242 valence electrons. The lowest BCUT2D eigenvalue weighted by Crippen LogP contribution is -2.43. The number of rotatable bonds is 6. The van der Waals surface area contributed by atoms with Crippen molar-refractivity contribution in [3.8, 4) is 23.0 Å². The molecule has 7 nitrogen and oxygen atoms in total. The lowest BCUT2D eigenvalue weighted by atomic mass is 9.91. The number of hydrogen-bond acceptors (Lipinski definition) is 8. The molecule has 0 amide bonds. The van der Waals surface area contributed by atoms with Gasteiger partial charge < -0.3 is 14.7 Å². The van der Waals surface area contributed by atoms with Crippen molar-refractivity contribution >= 4 is 39.3 Å². The van der Waals surface area contributed by atoms with Gasteiger partial charge in [0.25, 0.3) is 0 Å². The summed E-state index contributed by atoms with van der Waals surface area (Å²) in [5.74, 6) is 0.620. The molecule has 4 aliphatic heterocycles. The van der Waals surface area contributed by atoms with Crippen molar-refractivity contribution < 1.29 is 23.0 Å². The van der Waals surface area contributed by atoms with Gasteiger partial charge in [-0.25, -0.2) is 13.2 Å². The predicted molar refractivity (Wildman–Crippen MR) is 176 cm³/mol. The highest BCUT2D eigenvalue weighted by Gasteiger charge is 2.49. The number of thioether (sulfide) groups is 1. The van der Waals surface area contributed by atoms with Crippen LogP contribution in [0.5, 0.6) is 11.8 Å². The van der Waals surface area contributed by atoms with Crippen LogP contribution in [-0.4, -0.2) is 80.0 Å². The first-order chi connectivity index (χ1) is 22.3. The summed E-state index contributed by atoms with van der Waals surface area (Å²) in [6.45, 7) is 4.87. The number of phenols is 1. The van der Waals surface area contributed by atoms with Crippen LogP contribution in [0.2, 0.25) is 0 Å². The van der Waals surface area contributed by atoms with E-state index in [1.807, 2.05) is 6.92 Å². The number of phenolic OH excluding ortho intramolecular Hbond substituents is 1. The zero-order valence-electron chi connectivity index (χ0n) is 26.0. The molecule has 0 radical (unpaired) electrons. The Kier molecular flexibility index (Phi) is 7.47. The number of piperidine rings is 1. The van der Waals surface area contributed by atoms with Crippen molar-refractivity contribution in [1.82, 2.24) is 19.9 Å². The van der Waals surface area contributed by atoms with Crippen LogP contribution >= 0.6 is 11.8 Å². The Morgan fingerprint density at radius 3 is 2.70 bits per heavy atom. The second kappa shape index (κ2) is 11.4. The number of pyridine rings is 1. The Bertz CT molecular complexity index is 1830. The number of hydrogen-bond donors (Lipinski definition) is 1. The first-order valence-corrected chi connectivity index (χ1v) is 17.5. The molecule has 8 rings (SSSR count). The second-order valence-corrected chi connectivity index (χ2v) is 15.0. The van der Waals surface area contributed by atoms with Crippen LogP contribution in [0, 0.1) is 11.6 Å². The number of benzene rings is 2. The molecule has 4 aromatic rings. The Morgan fingerprint density at radius 1 is 1.07 bits per heavy atom. The van der Waals surface area contributed by atoms with E-state index in [-0.39, 0.29) is 29.6 Å². The molecule has 4 aliphatic rings. The highest BCUT2D eigenvalue weighted by Crippen LogP contribution is 2.47. The van der Waals surface area contributed by atoms with Gasteiger partial charge in [0.2, 0.25) is 0 Å². The van der Waals surface area contributed by atoms with E-state index in [1.54, 1.807) is 18.3 Å². The van der Waals surface area contributed by atoms with E-state index in [2.05, 4.69) is 31.5 Å². The highest BCUT2D eigenvalue weighted by atomic mass is 32.2. The van der Waals surface area contributed by atoms with Gasteiger partial charge in [0.05, 0.1) is 10.9 Å². The minimum Gasteiger partial charge on any atom is -0.508 e. The fourth-order valence-corrected chi connectivity index (χ4v) is 9.95. The van der Waals surface area contributed by atoms with Gasteiger partial charge in [-0.1, -0.05) is 13.0 Å². The van der Waals surface area contributed by atoms with Gasteiger partial charge in [-0.15, -0.1) is 0 Å². The number of nitrogens with zero attached hydrogens (tertiary/aromatic N) is 5. The Labute approximate surface area is 270 Å². The summed E-state index contributed by atoms with van der Waals surface area (Å²) in [6.07, 6.45) is 7.79. The van der Waals surface area contributed by atoms with E-state index in [0.29, 0.717) is 57.2 Å². The molecule has 11 heteroatoms. The summed E-state index contributed by atoms with van der Waals surface area (Å²) >= 11 is 2.07. The van der Waals surface area contributed by atoms with Crippen LogP contribution in [0.1, 0.15) is 57.4 Å². The van der Waals surface area contributed by atoms with Crippen molar-refractivity contribution in [3.05, 3.63) is 47.7 Å². The smallest absolute Gasteiger partial charge is 0.319 e. The van der Waals surface area contributed by atoms with Crippen LogP contribution < -0.4 is 9.64 Å². The maximum atomic E-state index is 16.9. The first-order valence-electron chi connectivity index (χ1n) is 16.5. The third-order valence-electron chi connectivity index (χ3n) is 10.8. The van der Waals surface area contributed by atoms with Crippen LogP contribution in [-0.2, 0) is 6.42 Å². The van der Waals surface area contributed by atoms with Gasteiger partial charge in [-0.2, -0.15) is 21.7 Å². The number of aromatic nitrogens is 3. The van der Waals surface area contributed by atoms with Crippen LogP contribution in [0.25, 0.3) is 32.9 Å². The summed E-state index contributed by atoms with van der Waals surface area (Å²) in [5, 5.41) is 12.2. The molecule has 2 atom stereocenters. The van der Waals surface area contributed by atoms with E-state index >= 15 is 4.39 Å². The van der Waals surface area contributed by atoms with Gasteiger partial charge in [0.15, 0.2) is 5.82 Å². The maximum absolute atomic E-state index is 16.9. The minimum atomic E-state index is -0.896. The van der Waals surface area contributed by atoms with E-state index < -0.39 is 23.3 Å². The van der Waals surface area contributed by atoms with Gasteiger partial charge in [-0.05, 0) is 91.8 Å². The van der Waals surface area contributed by atoms with Gasteiger partial charge in [-0.3, -0.25) is 9.88 Å². The summed E-state index contributed by atoms with van der Waals surface area (Å²) < 4.78 is 52.9. The predicted octanol–water partition coefficient (Wildman–Crippen LogP) is 7.21. The molecule has 0 saturated carbocycles. The Morgan fingerprint density at radius 2 is 1.91 bits per heavy atom. The van der Waals surface area contributed by atoms with Gasteiger partial charge in [0.1, 0.15) is 41.4 Å². The SMILES string of the molecule is CCc1c(F)ccc2cc(O)cc(-c3ncc4c(N5CCC6(CCCS6)CC5)nc(OC[C@@]56CCCN5C[C@H](F)C6)nc4c3F)c12.